The Hall–Kier alpha value is -2.75. The van der Waals surface area contributed by atoms with Gasteiger partial charge in [-0.1, -0.05) is 32.0 Å². The van der Waals surface area contributed by atoms with Crippen molar-refractivity contribution in [2.45, 2.75) is 52.9 Å². The van der Waals surface area contributed by atoms with Gasteiger partial charge in [-0.25, -0.2) is 0 Å². The lowest BCUT2D eigenvalue weighted by Gasteiger charge is -2.43. The molecule has 1 atom stereocenters. The molecule has 0 fully saturated rings. The number of amides is 1. The van der Waals surface area contributed by atoms with E-state index < -0.39 is 0 Å². The Morgan fingerprint density at radius 1 is 1.11 bits per heavy atom. The fraction of sp³-hybridized carbons (Fsp3) is 0.375. The summed E-state index contributed by atoms with van der Waals surface area (Å²) in [4.78, 5) is 32.7. The average Bonchev–Trinajstić information content (AvgIpc) is 2.63. The lowest BCUT2D eigenvalue weighted by atomic mass is 9.69. The van der Waals surface area contributed by atoms with E-state index in [2.05, 4.69) is 24.9 Å². The standard InChI is InChI=1S/C24H26N2O2/c1-15-7-8-16(2)19(10-15)26-20-12-24(3,4)13-21(27)23(20)18(11-22(26)28)17-6-5-9-25-14-17/h5-10,14,18H,11-13H2,1-4H3. The Balaban J connectivity index is 1.93. The van der Waals surface area contributed by atoms with Crippen LogP contribution in [-0.4, -0.2) is 16.7 Å². The minimum absolute atomic E-state index is 0.0480. The summed E-state index contributed by atoms with van der Waals surface area (Å²) in [6.07, 6.45) is 5.02. The van der Waals surface area contributed by atoms with Gasteiger partial charge in [-0.05, 0) is 54.5 Å². The van der Waals surface area contributed by atoms with Gasteiger partial charge in [0.2, 0.25) is 5.91 Å². The molecule has 1 aromatic heterocycles. The third kappa shape index (κ3) is 3.17. The number of ketones is 1. The van der Waals surface area contributed by atoms with E-state index in [9.17, 15) is 9.59 Å². The van der Waals surface area contributed by atoms with Crippen molar-refractivity contribution in [3.8, 4) is 0 Å². The van der Waals surface area contributed by atoms with Crippen molar-refractivity contribution < 1.29 is 9.59 Å². The zero-order valence-corrected chi connectivity index (χ0v) is 17.0. The first-order chi connectivity index (χ1) is 13.3. The Kier molecular flexibility index (Phi) is 4.45. The Bertz CT molecular complexity index is 989. The van der Waals surface area contributed by atoms with Gasteiger partial charge in [0.1, 0.15) is 0 Å². The fourth-order valence-corrected chi connectivity index (χ4v) is 4.52. The molecule has 0 spiro atoms. The van der Waals surface area contributed by atoms with Gasteiger partial charge in [0.05, 0.1) is 5.69 Å². The lowest BCUT2D eigenvalue weighted by molar-refractivity contribution is -0.121. The van der Waals surface area contributed by atoms with Gasteiger partial charge in [-0.15, -0.1) is 0 Å². The third-order valence-electron chi connectivity index (χ3n) is 5.84. The minimum Gasteiger partial charge on any atom is -0.294 e. The summed E-state index contributed by atoms with van der Waals surface area (Å²) < 4.78 is 0. The number of aromatic nitrogens is 1. The molecule has 1 aliphatic carbocycles. The van der Waals surface area contributed by atoms with Crippen LogP contribution in [0.4, 0.5) is 5.69 Å². The molecule has 4 nitrogen and oxygen atoms in total. The number of anilines is 1. The van der Waals surface area contributed by atoms with Gasteiger partial charge in [0.25, 0.3) is 0 Å². The first-order valence-electron chi connectivity index (χ1n) is 9.83. The van der Waals surface area contributed by atoms with Crippen LogP contribution in [0.2, 0.25) is 0 Å². The molecule has 2 aromatic rings. The second kappa shape index (κ2) is 6.69. The molecular weight excluding hydrogens is 348 g/mol. The van der Waals surface area contributed by atoms with E-state index in [1.54, 1.807) is 12.4 Å². The van der Waals surface area contributed by atoms with Crippen molar-refractivity contribution in [1.82, 2.24) is 4.98 Å². The van der Waals surface area contributed by atoms with E-state index in [4.69, 9.17) is 0 Å². The quantitative estimate of drug-likeness (QED) is 0.754. The molecule has 144 valence electrons. The van der Waals surface area contributed by atoms with Gasteiger partial charge in [-0.2, -0.15) is 0 Å². The number of hydrogen-bond donors (Lipinski definition) is 0. The van der Waals surface area contributed by atoms with Crippen LogP contribution in [-0.2, 0) is 9.59 Å². The molecule has 1 amide bonds. The SMILES string of the molecule is Cc1ccc(C)c(N2C(=O)CC(c3cccnc3)C3=C2CC(C)(C)CC3=O)c1. The second-order valence-electron chi connectivity index (χ2n) is 8.86. The van der Waals surface area contributed by atoms with Crippen molar-refractivity contribution in [3.63, 3.8) is 0 Å². The van der Waals surface area contributed by atoms with Crippen molar-refractivity contribution in [1.29, 1.82) is 0 Å². The number of allylic oxidation sites excluding steroid dienone is 2. The molecule has 4 heteroatoms. The Morgan fingerprint density at radius 3 is 2.61 bits per heavy atom. The predicted octanol–water partition coefficient (Wildman–Crippen LogP) is 4.86. The van der Waals surface area contributed by atoms with Crippen molar-refractivity contribution in [2.24, 2.45) is 5.41 Å². The highest BCUT2D eigenvalue weighted by Gasteiger charge is 2.44. The molecule has 1 unspecified atom stereocenters. The number of hydrogen-bond acceptors (Lipinski definition) is 3. The normalized spacial score (nSPS) is 21.7. The summed E-state index contributed by atoms with van der Waals surface area (Å²) in [5.41, 5.74) is 5.49. The van der Waals surface area contributed by atoms with Crippen LogP contribution in [0, 0.1) is 19.3 Å². The first kappa shape index (κ1) is 18.6. The number of carbonyl (C=O) groups is 2. The predicted molar refractivity (Wildman–Crippen MR) is 110 cm³/mol. The maximum absolute atomic E-state index is 13.4. The highest BCUT2D eigenvalue weighted by atomic mass is 16.2. The molecule has 28 heavy (non-hydrogen) atoms. The molecule has 0 bridgehead atoms. The Labute approximate surface area is 166 Å². The molecule has 0 N–H and O–H groups in total. The molecular formula is C24H26N2O2. The maximum Gasteiger partial charge on any atom is 0.232 e. The molecule has 0 saturated carbocycles. The van der Waals surface area contributed by atoms with Gasteiger partial charge in [0.15, 0.2) is 5.78 Å². The van der Waals surface area contributed by atoms with E-state index in [0.717, 1.165) is 33.6 Å². The topological polar surface area (TPSA) is 50.3 Å². The summed E-state index contributed by atoms with van der Waals surface area (Å²) in [6.45, 7) is 8.26. The number of Topliss-reactive ketones (excluding diaryl/α,β-unsaturated/α-hetero) is 1. The van der Waals surface area contributed by atoms with Gasteiger partial charge >= 0.3 is 0 Å². The van der Waals surface area contributed by atoms with Crippen LogP contribution < -0.4 is 4.90 Å². The van der Waals surface area contributed by atoms with Gasteiger partial charge in [0, 0.05) is 42.4 Å². The van der Waals surface area contributed by atoms with Crippen molar-refractivity contribution >= 4 is 17.4 Å². The number of pyridine rings is 1. The molecule has 0 saturated heterocycles. The number of benzene rings is 1. The largest absolute Gasteiger partial charge is 0.294 e. The van der Waals surface area contributed by atoms with E-state index in [0.29, 0.717) is 19.3 Å². The fourth-order valence-electron chi connectivity index (χ4n) is 4.52. The third-order valence-corrected chi connectivity index (χ3v) is 5.84. The van der Waals surface area contributed by atoms with Crippen LogP contribution in [0.15, 0.2) is 54.0 Å². The van der Waals surface area contributed by atoms with Gasteiger partial charge in [-0.3, -0.25) is 19.5 Å². The van der Waals surface area contributed by atoms with E-state index >= 15 is 0 Å². The molecule has 0 radical (unpaired) electrons. The summed E-state index contributed by atoms with van der Waals surface area (Å²) in [5, 5.41) is 0. The van der Waals surface area contributed by atoms with Gasteiger partial charge < -0.3 is 0 Å². The number of carbonyl (C=O) groups excluding carboxylic acids is 2. The van der Waals surface area contributed by atoms with Crippen LogP contribution in [0.5, 0.6) is 0 Å². The van der Waals surface area contributed by atoms with Crippen LogP contribution in [0.3, 0.4) is 0 Å². The van der Waals surface area contributed by atoms with E-state index in [1.807, 2.05) is 43.0 Å². The first-order valence-corrected chi connectivity index (χ1v) is 9.83. The lowest BCUT2D eigenvalue weighted by Crippen LogP contribution is -2.44. The zero-order valence-electron chi connectivity index (χ0n) is 17.0. The van der Waals surface area contributed by atoms with Crippen molar-refractivity contribution in [2.75, 3.05) is 4.90 Å². The molecule has 1 aliphatic heterocycles. The monoisotopic (exact) mass is 374 g/mol. The summed E-state index contributed by atoms with van der Waals surface area (Å²) >= 11 is 0. The number of nitrogens with zero attached hydrogens (tertiary/aromatic N) is 2. The molecule has 4 rings (SSSR count). The second-order valence-corrected chi connectivity index (χ2v) is 8.86. The highest BCUT2D eigenvalue weighted by molar-refractivity contribution is 6.08. The van der Waals surface area contributed by atoms with E-state index in [1.165, 1.54) is 0 Å². The van der Waals surface area contributed by atoms with Crippen LogP contribution in [0.25, 0.3) is 0 Å². The summed E-state index contributed by atoms with van der Waals surface area (Å²) in [6, 6.07) is 9.98. The van der Waals surface area contributed by atoms with Crippen molar-refractivity contribution in [3.05, 3.63) is 70.7 Å². The average molecular weight is 374 g/mol. The molecule has 1 aromatic carbocycles. The van der Waals surface area contributed by atoms with Crippen LogP contribution >= 0.6 is 0 Å². The summed E-state index contributed by atoms with van der Waals surface area (Å²) in [5.74, 6) is -0.00382. The molecule has 2 aliphatic rings. The number of rotatable bonds is 2. The smallest absolute Gasteiger partial charge is 0.232 e. The highest BCUT2D eigenvalue weighted by Crippen LogP contribution is 2.48. The maximum atomic E-state index is 13.4. The Morgan fingerprint density at radius 2 is 1.89 bits per heavy atom. The van der Waals surface area contributed by atoms with E-state index in [-0.39, 0.29) is 23.0 Å². The summed E-state index contributed by atoms with van der Waals surface area (Å²) in [7, 11) is 0. The molecule has 2 heterocycles. The minimum atomic E-state index is -0.207. The number of aryl methyl sites for hydroxylation is 2. The van der Waals surface area contributed by atoms with Crippen LogP contribution in [0.1, 0.15) is 55.7 Å². The zero-order chi connectivity index (χ0) is 20.1.